The number of furan rings is 1. The van der Waals surface area contributed by atoms with E-state index in [1.165, 1.54) is 24.0 Å². The number of fused-ring (bicyclic) bond motifs is 1. The molecule has 2 heterocycles. The zero-order chi connectivity index (χ0) is 15.5. The van der Waals surface area contributed by atoms with Crippen molar-refractivity contribution in [1.29, 1.82) is 5.26 Å². The summed E-state index contributed by atoms with van der Waals surface area (Å²) in [5.74, 6) is 0.667. The van der Waals surface area contributed by atoms with Crippen molar-refractivity contribution in [3.63, 3.8) is 0 Å². The number of carbonyl (C=O) groups is 1. The Morgan fingerprint density at radius 3 is 3.14 bits per heavy atom. The highest BCUT2D eigenvalue weighted by Gasteiger charge is 2.26. The fraction of sp³-hybridized carbons (Fsp3) is 0.412. The summed E-state index contributed by atoms with van der Waals surface area (Å²) in [6, 6.07) is 5.56. The average Bonchev–Trinajstić information content (AvgIpc) is 3.14. The molecule has 4 nitrogen and oxygen atoms in total. The third kappa shape index (κ3) is 2.79. The Kier molecular flexibility index (Phi) is 4.30. The zero-order valence-electron chi connectivity index (χ0n) is 12.5. The molecule has 0 aliphatic heterocycles. The summed E-state index contributed by atoms with van der Waals surface area (Å²) < 4.78 is 5.10. The van der Waals surface area contributed by atoms with Gasteiger partial charge in [0.1, 0.15) is 11.1 Å². The third-order valence-corrected chi connectivity index (χ3v) is 5.32. The second kappa shape index (κ2) is 6.37. The van der Waals surface area contributed by atoms with Crippen LogP contribution in [0.2, 0.25) is 0 Å². The molecule has 22 heavy (non-hydrogen) atoms. The molecular formula is C17H18N2O2S. The molecule has 0 bridgehead atoms. The van der Waals surface area contributed by atoms with Crippen LogP contribution in [0.1, 0.15) is 52.7 Å². The van der Waals surface area contributed by atoms with Crippen LogP contribution in [0.15, 0.2) is 22.8 Å². The number of nitrogens with zero attached hydrogens (tertiary/aromatic N) is 1. The molecular weight excluding hydrogens is 296 g/mol. The maximum absolute atomic E-state index is 12.1. The minimum Gasteiger partial charge on any atom is -0.459 e. The summed E-state index contributed by atoms with van der Waals surface area (Å²) in [5, 5.41) is 12.9. The third-order valence-electron chi connectivity index (χ3n) is 4.15. The zero-order valence-corrected chi connectivity index (χ0v) is 13.3. The van der Waals surface area contributed by atoms with Gasteiger partial charge in [0.2, 0.25) is 0 Å². The summed E-state index contributed by atoms with van der Waals surface area (Å²) >= 11 is 1.55. The molecule has 0 aromatic carbocycles. The van der Waals surface area contributed by atoms with Crippen LogP contribution in [0, 0.1) is 17.2 Å². The molecule has 1 N–H and O–H groups in total. The lowest BCUT2D eigenvalue weighted by Crippen LogP contribution is -2.13. The lowest BCUT2D eigenvalue weighted by Gasteiger charge is -2.21. The van der Waals surface area contributed by atoms with Crippen molar-refractivity contribution < 1.29 is 9.21 Å². The Balaban J connectivity index is 1.84. The number of hydrogen-bond donors (Lipinski definition) is 1. The van der Waals surface area contributed by atoms with Crippen LogP contribution in [0.25, 0.3) is 0 Å². The second-order valence-corrected chi connectivity index (χ2v) is 6.75. The molecule has 1 aliphatic carbocycles. The molecule has 0 saturated heterocycles. The van der Waals surface area contributed by atoms with Gasteiger partial charge in [-0.2, -0.15) is 5.26 Å². The van der Waals surface area contributed by atoms with E-state index in [0.717, 1.165) is 24.8 Å². The number of carbonyl (C=O) groups excluding carboxylic acids is 1. The minimum absolute atomic E-state index is 0.263. The lowest BCUT2D eigenvalue weighted by atomic mass is 9.85. The largest absolute Gasteiger partial charge is 0.459 e. The van der Waals surface area contributed by atoms with Crippen molar-refractivity contribution >= 4 is 22.2 Å². The van der Waals surface area contributed by atoms with E-state index in [4.69, 9.17) is 4.42 Å². The van der Waals surface area contributed by atoms with Crippen LogP contribution in [0.5, 0.6) is 0 Å². The number of nitriles is 1. The summed E-state index contributed by atoms with van der Waals surface area (Å²) in [4.78, 5) is 13.4. The molecule has 0 unspecified atom stereocenters. The van der Waals surface area contributed by atoms with Gasteiger partial charge in [-0.15, -0.1) is 11.3 Å². The van der Waals surface area contributed by atoms with Gasteiger partial charge in [-0.3, -0.25) is 4.79 Å². The standard InChI is InChI=1S/C17H18N2O2S/c1-2-4-11-6-7-12-13(10-18)17(22-15(12)9-11)19-16(20)14-5-3-8-21-14/h3,5,8,11H,2,4,6-7,9H2,1H3,(H,19,20)/t11-/m1/s1. The van der Waals surface area contributed by atoms with E-state index in [2.05, 4.69) is 18.3 Å². The van der Waals surface area contributed by atoms with Crippen LogP contribution in [0.3, 0.4) is 0 Å². The van der Waals surface area contributed by atoms with Crippen molar-refractivity contribution in [2.45, 2.75) is 39.0 Å². The van der Waals surface area contributed by atoms with Crippen molar-refractivity contribution in [2.24, 2.45) is 5.92 Å². The molecule has 0 radical (unpaired) electrons. The molecule has 1 atom stereocenters. The highest BCUT2D eigenvalue weighted by molar-refractivity contribution is 7.16. The Hall–Kier alpha value is -2.06. The first kappa shape index (κ1) is 14.9. The van der Waals surface area contributed by atoms with E-state index in [0.29, 0.717) is 16.5 Å². The summed E-state index contributed by atoms with van der Waals surface area (Å²) in [7, 11) is 0. The minimum atomic E-state index is -0.301. The van der Waals surface area contributed by atoms with Crippen LogP contribution >= 0.6 is 11.3 Å². The molecule has 1 amide bonds. The molecule has 0 spiro atoms. The fourth-order valence-corrected chi connectivity index (χ4v) is 4.40. The number of rotatable bonds is 4. The van der Waals surface area contributed by atoms with Crippen LogP contribution < -0.4 is 5.32 Å². The SMILES string of the molecule is CCC[C@@H]1CCc2c(sc(NC(=O)c3ccco3)c2C#N)C1. The van der Waals surface area contributed by atoms with Gasteiger partial charge in [-0.05, 0) is 42.9 Å². The van der Waals surface area contributed by atoms with Gasteiger partial charge in [-0.25, -0.2) is 0 Å². The summed E-state index contributed by atoms with van der Waals surface area (Å²) in [6.45, 7) is 2.21. The molecule has 3 rings (SSSR count). The number of thiophene rings is 1. The Bertz CT molecular complexity index is 710. The smallest absolute Gasteiger partial charge is 0.291 e. The highest BCUT2D eigenvalue weighted by Crippen LogP contribution is 2.40. The molecule has 2 aromatic heterocycles. The predicted molar refractivity (Wildman–Crippen MR) is 86.1 cm³/mol. The Morgan fingerprint density at radius 1 is 1.59 bits per heavy atom. The first-order valence-electron chi connectivity index (χ1n) is 7.62. The molecule has 5 heteroatoms. The first-order chi connectivity index (χ1) is 10.7. The fourth-order valence-electron chi connectivity index (χ4n) is 3.09. The normalized spacial score (nSPS) is 16.8. The predicted octanol–water partition coefficient (Wildman–Crippen LogP) is 4.37. The van der Waals surface area contributed by atoms with Crippen molar-refractivity contribution in [1.82, 2.24) is 0 Å². The van der Waals surface area contributed by atoms with Crippen molar-refractivity contribution in [3.05, 3.63) is 40.2 Å². The quantitative estimate of drug-likeness (QED) is 0.911. The number of anilines is 1. The van der Waals surface area contributed by atoms with E-state index in [1.54, 1.807) is 23.5 Å². The van der Waals surface area contributed by atoms with Gasteiger partial charge in [0.05, 0.1) is 11.8 Å². The maximum Gasteiger partial charge on any atom is 0.291 e. The molecule has 114 valence electrons. The van der Waals surface area contributed by atoms with E-state index >= 15 is 0 Å². The van der Waals surface area contributed by atoms with Gasteiger partial charge < -0.3 is 9.73 Å². The molecule has 2 aromatic rings. The van der Waals surface area contributed by atoms with Crippen LogP contribution in [-0.4, -0.2) is 5.91 Å². The van der Waals surface area contributed by atoms with Gasteiger partial charge >= 0.3 is 0 Å². The van der Waals surface area contributed by atoms with Gasteiger partial charge in [0.15, 0.2) is 5.76 Å². The van der Waals surface area contributed by atoms with Crippen molar-refractivity contribution in [2.75, 3.05) is 5.32 Å². The highest BCUT2D eigenvalue weighted by atomic mass is 32.1. The second-order valence-electron chi connectivity index (χ2n) is 5.65. The number of nitrogens with one attached hydrogen (secondary N) is 1. The van der Waals surface area contributed by atoms with E-state index in [1.807, 2.05) is 0 Å². The van der Waals surface area contributed by atoms with E-state index < -0.39 is 0 Å². The van der Waals surface area contributed by atoms with Gasteiger partial charge in [0, 0.05) is 4.88 Å². The topological polar surface area (TPSA) is 66.0 Å². The molecule has 0 fully saturated rings. The molecule has 1 aliphatic rings. The van der Waals surface area contributed by atoms with Crippen molar-refractivity contribution in [3.8, 4) is 6.07 Å². The summed E-state index contributed by atoms with van der Waals surface area (Å²) in [6.07, 6.45) is 6.99. The maximum atomic E-state index is 12.1. The van der Waals surface area contributed by atoms with Gasteiger partial charge in [0.25, 0.3) is 5.91 Å². The first-order valence-corrected chi connectivity index (χ1v) is 8.44. The monoisotopic (exact) mass is 314 g/mol. The number of amides is 1. The number of hydrogen-bond acceptors (Lipinski definition) is 4. The molecule has 0 saturated carbocycles. The van der Waals surface area contributed by atoms with E-state index in [-0.39, 0.29) is 11.7 Å². The van der Waals surface area contributed by atoms with Gasteiger partial charge in [-0.1, -0.05) is 19.8 Å². The Labute approximate surface area is 133 Å². The van der Waals surface area contributed by atoms with E-state index in [9.17, 15) is 10.1 Å². The van der Waals surface area contributed by atoms with Crippen LogP contribution in [-0.2, 0) is 12.8 Å². The Morgan fingerprint density at radius 2 is 2.45 bits per heavy atom. The lowest BCUT2D eigenvalue weighted by molar-refractivity contribution is 0.0997. The summed E-state index contributed by atoms with van der Waals surface area (Å²) in [5.41, 5.74) is 1.77. The average molecular weight is 314 g/mol. The van der Waals surface area contributed by atoms with Crippen LogP contribution in [0.4, 0.5) is 5.00 Å².